The van der Waals surface area contributed by atoms with Gasteiger partial charge in [0, 0.05) is 43.3 Å². The van der Waals surface area contributed by atoms with Gasteiger partial charge < -0.3 is 4.90 Å². The Morgan fingerprint density at radius 1 is 0.958 bits per heavy atom. The molecule has 1 heterocycles. The van der Waals surface area contributed by atoms with Crippen LogP contribution in [0.5, 0.6) is 0 Å². The first kappa shape index (κ1) is 19.0. The van der Waals surface area contributed by atoms with E-state index >= 15 is 0 Å². The molecule has 0 aliphatic carbocycles. The third-order valence-electron chi connectivity index (χ3n) is 4.99. The highest BCUT2D eigenvalue weighted by Gasteiger charge is 2.17. The number of rotatable bonds is 9. The second-order valence-corrected chi connectivity index (χ2v) is 7.31. The predicted octanol–water partition coefficient (Wildman–Crippen LogP) is 4.62. The Hall–Kier alpha value is -1.35. The molecule has 1 aliphatic rings. The minimum atomic E-state index is 0.0664. The molecule has 0 unspecified atom stereocenters. The van der Waals surface area contributed by atoms with Crippen LogP contribution in [0.25, 0.3) is 0 Å². The SMILES string of the molecule is CCCCCCCN1CCN(c2ccc(C(=O)C(C)C)cc2)CC1. The molecule has 0 spiro atoms. The minimum absolute atomic E-state index is 0.0664. The molecular formula is C21H34N2O. The molecule has 3 heteroatoms. The summed E-state index contributed by atoms with van der Waals surface area (Å²) in [7, 11) is 0. The summed E-state index contributed by atoms with van der Waals surface area (Å²) in [5, 5.41) is 0. The Bertz CT molecular complexity index is 487. The van der Waals surface area contributed by atoms with Gasteiger partial charge in [-0.2, -0.15) is 0 Å². The zero-order chi connectivity index (χ0) is 17.4. The van der Waals surface area contributed by atoms with E-state index < -0.39 is 0 Å². The van der Waals surface area contributed by atoms with Crippen LogP contribution in [0.4, 0.5) is 5.69 Å². The third kappa shape index (κ3) is 5.62. The Morgan fingerprint density at radius 2 is 1.58 bits per heavy atom. The van der Waals surface area contributed by atoms with Gasteiger partial charge in [-0.1, -0.05) is 46.5 Å². The number of unbranched alkanes of at least 4 members (excludes halogenated alkanes) is 4. The number of carbonyl (C=O) groups excluding carboxylic acids is 1. The summed E-state index contributed by atoms with van der Waals surface area (Å²) >= 11 is 0. The molecule has 1 aliphatic heterocycles. The summed E-state index contributed by atoms with van der Waals surface area (Å²) in [6.45, 7) is 11.9. The molecule has 0 amide bonds. The molecule has 1 aromatic carbocycles. The van der Waals surface area contributed by atoms with Gasteiger partial charge in [-0.05, 0) is 37.2 Å². The Labute approximate surface area is 148 Å². The Morgan fingerprint density at radius 3 is 2.17 bits per heavy atom. The van der Waals surface area contributed by atoms with Crippen molar-refractivity contribution < 1.29 is 4.79 Å². The van der Waals surface area contributed by atoms with Crippen molar-refractivity contribution in [3.8, 4) is 0 Å². The lowest BCUT2D eigenvalue weighted by Gasteiger charge is -2.36. The number of carbonyl (C=O) groups is 1. The summed E-state index contributed by atoms with van der Waals surface area (Å²) in [5.41, 5.74) is 2.08. The first-order valence-corrected chi connectivity index (χ1v) is 9.73. The fourth-order valence-electron chi connectivity index (χ4n) is 3.34. The van der Waals surface area contributed by atoms with Gasteiger partial charge in [0.25, 0.3) is 0 Å². The highest BCUT2D eigenvalue weighted by atomic mass is 16.1. The number of benzene rings is 1. The second-order valence-electron chi connectivity index (χ2n) is 7.31. The van der Waals surface area contributed by atoms with E-state index in [4.69, 9.17) is 0 Å². The van der Waals surface area contributed by atoms with Crippen molar-refractivity contribution in [2.24, 2.45) is 5.92 Å². The zero-order valence-electron chi connectivity index (χ0n) is 15.8. The minimum Gasteiger partial charge on any atom is -0.369 e. The monoisotopic (exact) mass is 330 g/mol. The Balaban J connectivity index is 1.75. The van der Waals surface area contributed by atoms with E-state index in [2.05, 4.69) is 28.9 Å². The van der Waals surface area contributed by atoms with Crippen molar-refractivity contribution in [1.82, 2.24) is 4.90 Å². The zero-order valence-corrected chi connectivity index (χ0v) is 15.8. The maximum absolute atomic E-state index is 12.0. The van der Waals surface area contributed by atoms with Gasteiger partial charge in [0.1, 0.15) is 0 Å². The molecular weight excluding hydrogens is 296 g/mol. The largest absolute Gasteiger partial charge is 0.369 e. The van der Waals surface area contributed by atoms with Crippen molar-refractivity contribution in [1.29, 1.82) is 0 Å². The fraction of sp³-hybridized carbons (Fsp3) is 0.667. The van der Waals surface area contributed by atoms with Crippen LogP contribution in [-0.2, 0) is 0 Å². The summed E-state index contributed by atoms with van der Waals surface area (Å²) in [4.78, 5) is 17.1. The van der Waals surface area contributed by atoms with Crippen LogP contribution >= 0.6 is 0 Å². The standard InChI is InChI=1S/C21H34N2O/c1-4-5-6-7-8-13-22-14-16-23(17-15-22)20-11-9-19(10-12-20)21(24)18(2)3/h9-12,18H,4-8,13-17H2,1-3H3. The van der Waals surface area contributed by atoms with Crippen LogP contribution in [0.3, 0.4) is 0 Å². The van der Waals surface area contributed by atoms with E-state index in [9.17, 15) is 4.79 Å². The normalized spacial score (nSPS) is 15.9. The molecule has 3 nitrogen and oxygen atoms in total. The summed E-state index contributed by atoms with van der Waals surface area (Å²) < 4.78 is 0. The van der Waals surface area contributed by atoms with Crippen molar-refractivity contribution in [2.75, 3.05) is 37.6 Å². The van der Waals surface area contributed by atoms with E-state index in [1.54, 1.807) is 0 Å². The van der Waals surface area contributed by atoms with E-state index in [-0.39, 0.29) is 11.7 Å². The molecule has 0 aromatic heterocycles. The molecule has 24 heavy (non-hydrogen) atoms. The number of hydrogen-bond acceptors (Lipinski definition) is 3. The number of nitrogens with zero attached hydrogens (tertiary/aromatic N) is 2. The van der Waals surface area contributed by atoms with Crippen LogP contribution in [0, 0.1) is 5.92 Å². The van der Waals surface area contributed by atoms with Crippen LogP contribution in [0.2, 0.25) is 0 Å². The highest BCUT2D eigenvalue weighted by Crippen LogP contribution is 2.19. The lowest BCUT2D eigenvalue weighted by molar-refractivity contribution is 0.0939. The van der Waals surface area contributed by atoms with Gasteiger partial charge in [0.2, 0.25) is 0 Å². The second kappa shape index (κ2) is 9.83. The lowest BCUT2D eigenvalue weighted by Crippen LogP contribution is -2.46. The number of ketones is 1. The van der Waals surface area contributed by atoms with Gasteiger partial charge in [0.05, 0.1) is 0 Å². The number of piperazine rings is 1. The van der Waals surface area contributed by atoms with Gasteiger partial charge >= 0.3 is 0 Å². The number of Topliss-reactive ketones (excluding diaryl/α,β-unsaturated/α-hetero) is 1. The predicted molar refractivity (Wildman–Crippen MR) is 103 cm³/mol. The summed E-state index contributed by atoms with van der Waals surface area (Å²) in [6.07, 6.45) is 6.80. The van der Waals surface area contributed by atoms with Gasteiger partial charge in [-0.15, -0.1) is 0 Å². The average molecular weight is 331 g/mol. The molecule has 0 saturated carbocycles. The van der Waals surface area contributed by atoms with Gasteiger partial charge in [-0.25, -0.2) is 0 Å². The van der Waals surface area contributed by atoms with Gasteiger partial charge in [0.15, 0.2) is 5.78 Å². The van der Waals surface area contributed by atoms with Crippen molar-refractivity contribution in [3.05, 3.63) is 29.8 Å². The van der Waals surface area contributed by atoms with Crippen LogP contribution in [0.1, 0.15) is 63.2 Å². The van der Waals surface area contributed by atoms with Crippen molar-refractivity contribution in [2.45, 2.75) is 52.9 Å². The quantitative estimate of drug-likeness (QED) is 0.488. The molecule has 0 bridgehead atoms. The highest BCUT2D eigenvalue weighted by molar-refractivity contribution is 5.97. The lowest BCUT2D eigenvalue weighted by atomic mass is 10.0. The summed E-state index contributed by atoms with van der Waals surface area (Å²) in [5.74, 6) is 0.297. The van der Waals surface area contributed by atoms with Gasteiger partial charge in [-0.3, -0.25) is 9.69 Å². The molecule has 0 radical (unpaired) electrons. The molecule has 1 aromatic rings. The van der Waals surface area contributed by atoms with Crippen molar-refractivity contribution in [3.63, 3.8) is 0 Å². The molecule has 0 atom stereocenters. The molecule has 1 saturated heterocycles. The molecule has 134 valence electrons. The Kier molecular flexibility index (Phi) is 7.77. The average Bonchev–Trinajstić information content (AvgIpc) is 2.61. The smallest absolute Gasteiger partial charge is 0.165 e. The molecule has 1 fully saturated rings. The van der Waals surface area contributed by atoms with Crippen LogP contribution < -0.4 is 4.90 Å². The first-order valence-electron chi connectivity index (χ1n) is 9.73. The molecule has 2 rings (SSSR count). The van der Waals surface area contributed by atoms with Crippen LogP contribution in [-0.4, -0.2) is 43.4 Å². The topological polar surface area (TPSA) is 23.6 Å². The molecule has 0 N–H and O–H groups in total. The first-order chi connectivity index (χ1) is 11.6. The van der Waals surface area contributed by atoms with E-state index in [1.165, 1.54) is 44.3 Å². The van der Waals surface area contributed by atoms with E-state index in [0.717, 1.165) is 31.7 Å². The number of hydrogen-bond donors (Lipinski definition) is 0. The third-order valence-corrected chi connectivity index (χ3v) is 4.99. The summed E-state index contributed by atoms with van der Waals surface area (Å²) in [6, 6.07) is 8.18. The van der Waals surface area contributed by atoms with Crippen LogP contribution in [0.15, 0.2) is 24.3 Å². The maximum Gasteiger partial charge on any atom is 0.165 e. The fourth-order valence-corrected chi connectivity index (χ4v) is 3.34. The van der Waals surface area contributed by atoms with E-state index in [1.807, 2.05) is 26.0 Å². The van der Waals surface area contributed by atoms with E-state index in [0.29, 0.717) is 0 Å². The van der Waals surface area contributed by atoms with Crippen molar-refractivity contribution >= 4 is 11.5 Å². The number of anilines is 1. The maximum atomic E-state index is 12.0.